The van der Waals surface area contributed by atoms with Crippen LogP contribution in [-0.4, -0.2) is 78.0 Å². The maximum atomic E-state index is 13.3. The van der Waals surface area contributed by atoms with Crippen molar-refractivity contribution in [1.82, 2.24) is 21.3 Å². The summed E-state index contributed by atoms with van der Waals surface area (Å²) in [6.07, 6.45) is -0.915. The van der Waals surface area contributed by atoms with Crippen LogP contribution in [0.4, 0.5) is 4.79 Å². The van der Waals surface area contributed by atoms with Gasteiger partial charge >= 0.3 is 12.1 Å². The Kier molecular flexibility index (Phi) is 16.2. The molecule has 0 saturated heterocycles. The van der Waals surface area contributed by atoms with Crippen molar-refractivity contribution in [2.45, 2.75) is 70.7 Å². The van der Waals surface area contributed by atoms with Gasteiger partial charge in [-0.15, -0.1) is 0 Å². The van der Waals surface area contributed by atoms with E-state index < -0.39 is 60.4 Å². The number of hydrogen-bond donors (Lipinski definition) is 8. The van der Waals surface area contributed by atoms with Gasteiger partial charge in [0.05, 0.1) is 0 Å². The molecular formula is C27H42N8O8. The number of carbonyl (C=O) groups is 6. The minimum atomic E-state index is -1.30. The topological polar surface area (TPSA) is 270 Å². The largest absolute Gasteiger partial charge is 0.480 e. The molecule has 0 aliphatic carbocycles. The van der Waals surface area contributed by atoms with Crippen LogP contribution in [0.15, 0.2) is 35.3 Å². The van der Waals surface area contributed by atoms with Crippen LogP contribution in [0.3, 0.4) is 0 Å². The summed E-state index contributed by atoms with van der Waals surface area (Å²) in [5, 5.41) is 18.6. The van der Waals surface area contributed by atoms with E-state index in [1.54, 1.807) is 30.3 Å². The molecule has 0 spiro atoms. The first kappa shape index (κ1) is 36.1. The van der Waals surface area contributed by atoms with E-state index in [9.17, 15) is 28.8 Å². The number of carboxylic acid groups (broad SMARTS) is 1. The number of benzene rings is 1. The average Bonchev–Trinajstić information content (AvgIpc) is 2.93. The lowest BCUT2D eigenvalue weighted by atomic mass is 10.0. The molecule has 0 aliphatic heterocycles. The number of ether oxygens (including phenoxy) is 1. The summed E-state index contributed by atoms with van der Waals surface area (Å²) in [6, 6.07) is 5.19. The lowest BCUT2D eigenvalue weighted by Gasteiger charge is -2.25. The van der Waals surface area contributed by atoms with E-state index in [4.69, 9.17) is 27.0 Å². The lowest BCUT2D eigenvalue weighted by molar-refractivity contribution is -0.138. The van der Waals surface area contributed by atoms with Crippen molar-refractivity contribution in [3.8, 4) is 0 Å². The molecule has 0 bridgehead atoms. The first-order chi connectivity index (χ1) is 20.3. The predicted molar refractivity (Wildman–Crippen MR) is 156 cm³/mol. The van der Waals surface area contributed by atoms with Crippen molar-refractivity contribution in [3.05, 3.63) is 35.9 Å². The molecule has 1 rings (SSSR count). The summed E-state index contributed by atoms with van der Waals surface area (Å²) in [7, 11) is 0. The molecule has 5 amide bonds. The maximum absolute atomic E-state index is 13.3. The number of alkyl carbamates (subject to hydrolysis) is 1. The fourth-order valence-electron chi connectivity index (χ4n) is 3.77. The van der Waals surface area contributed by atoms with Gasteiger partial charge in [0, 0.05) is 13.0 Å². The predicted octanol–water partition coefficient (Wildman–Crippen LogP) is -1.18. The molecule has 1 aromatic carbocycles. The second-order valence-electron chi connectivity index (χ2n) is 10.1. The standard InChI is InChI=1S/C27H42N8O8/c1-16(2)13-20(23(39)32-14-22(37)38)34-24(40)18(9-6-12-31-26(29)30)33-25(41)19(10-11-21(28)36)35-27(42)43-15-17-7-4-3-5-8-17/h3-5,7-8,16,18-20H,6,9-15H2,1-2H3,(H2,28,36)(H,32,39)(H,33,41)(H,34,40)(H,35,42)(H,37,38)(H4,29,30,31). The van der Waals surface area contributed by atoms with Crippen molar-refractivity contribution in [1.29, 1.82) is 0 Å². The molecule has 0 fully saturated rings. The molecule has 1 aromatic rings. The summed E-state index contributed by atoms with van der Waals surface area (Å²) in [6.45, 7) is 3.03. The van der Waals surface area contributed by atoms with Gasteiger partial charge in [-0.05, 0) is 37.2 Å². The van der Waals surface area contributed by atoms with Crippen LogP contribution in [0.5, 0.6) is 0 Å². The molecule has 0 heterocycles. The van der Waals surface area contributed by atoms with E-state index in [-0.39, 0.29) is 57.1 Å². The second kappa shape index (κ2) is 19.3. The fraction of sp³-hybridized carbons (Fsp3) is 0.519. The van der Waals surface area contributed by atoms with E-state index in [0.29, 0.717) is 5.56 Å². The van der Waals surface area contributed by atoms with Crippen LogP contribution in [0.1, 0.15) is 51.5 Å². The van der Waals surface area contributed by atoms with E-state index in [1.807, 2.05) is 13.8 Å². The van der Waals surface area contributed by atoms with Crippen LogP contribution in [0.2, 0.25) is 0 Å². The first-order valence-electron chi connectivity index (χ1n) is 13.7. The summed E-state index contributed by atoms with van der Waals surface area (Å²) >= 11 is 0. The molecule has 238 valence electrons. The molecule has 0 aromatic heterocycles. The minimum Gasteiger partial charge on any atom is -0.480 e. The van der Waals surface area contributed by atoms with Crippen LogP contribution in [0.25, 0.3) is 0 Å². The van der Waals surface area contributed by atoms with Crippen molar-refractivity contribution in [2.75, 3.05) is 13.1 Å². The average molecular weight is 607 g/mol. The zero-order chi connectivity index (χ0) is 32.4. The third kappa shape index (κ3) is 16.2. The van der Waals surface area contributed by atoms with E-state index in [1.165, 1.54) is 0 Å². The van der Waals surface area contributed by atoms with Crippen LogP contribution < -0.4 is 38.5 Å². The molecular weight excluding hydrogens is 564 g/mol. The van der Waals surface area contributed by atoms with Gasteiger partial charge in [0.2, 0.25) is 23.6 Å². The van der Waals surface area contributed by atoms with E-state index in [0.717, 1.165) is 0 Å². The molecule has 0 saturated carbocycles. The number of nitrogens with two attached hydrogens (primary N) is 3. The number of nitrogens with zero attached hydrogens (tertiary/aromatic N) is 1. The number of carbonyl (C=O) groups excluding carboxylic acids is 5. The Morgan fingerprint density at radius 1 is 0.860 bits per heavy atom. The van der Waals surface area contributed by atoms with Crippen molar-refractivity contribution in [2.24, 2.45) is 28.1 Å². The monoisotopic (exact) mass is 606 g/mol. The fourth-order valence-corrected chi connectivity index (χ4v) is 3.77. The van der Waals surface area contributed by atoms with Gasteiger partial charge < -0.3 is 48.3 Å². The number of aliphatic carboxylic acids is 1. The third-order valence-electron chi connectivity index (χ3n) is 5.83. The number of nitrogens with one attached hydrogen (secondary N) is 4. The molecule has 3 unspecified atom stereocenters. The number of hydrogen-bond acceptors (Lipinski definition) is 8. The zero-order valence-electron chi connectivity index (χ0n) is 24.3. The highest BCUT2D eigenvalue weighted by molar-refractivity contribution is 5.94. The number of primary amides is 1. The van der Waals surface area contributed by atoms with Gasteiger partial charge in [-0.25, -0.2) is 4.79 Å². The van der Waals surface area contributed by atoms with E-state index >= 15 is 0 Å². The van der Waals surface area contributed by atoms with Crippen molar-refractivity contribution in [3.63, 3.8) is 0 Å². The molecule has 3 atom stereocenters. The quantitative estimate of drug-likeness (QED) is 0.0530. The van der Waals surface area contributed by atoms with Gasteiger partial charge in [-0.3, -0.25) is 29.0 Å². The van der Waals surface area contributed by atoms with Crippen molar-refractivity contribution < 1.29 is 38.6 Å². The van der Waals surface area contributed by atoms with Crippen LogP contribution in [0, 0.1) is 5.92 Å². The Morgan fingerprint density at radius 3 is 2.02 bits per heavy atom. The maximum Gasteiger partial charge on any atom is 0.408 e. The zero-order valence-corrected chi connectivity index (χ0v) is 24.3. The van der Waals surface area contributed by atoms with Crippen LogP contribution in [-0.2, 0) is 35.3 Å². The molecule has 0 aliphatic rings. The summed E-state index contributed by atoms with van der Waals surface area (Å²) < 4.78 is 5.18. The van der Waals surface area contributed by atoms with Gasteiger partial charge in [-0.1, -0.05) is 44.2 Å². The third-order valence-corrected chi connectivity index (χ3v) is 5.83. The van der Waals surface area contributed by atoms with Crippen LogP contribution >= 0.6 is 0 Å². The minimum absolute atomic E-state index is 0.0283. The summed E-state index contributed by atoms with van der Waals surface area (Å²) in [5.41, 5.74) is 16.7. The van der Waals surface area contributed by atoms with Gasteiger partial charge in [0.1, 0.15) is 31.3 Å². The number of rotatable bonds is 19. The number of amides is 5. The Labute approximate surface area is 249 Å². The molecule has 0 radical (unpaired) electrons. The molecule has 16 nitrogen and oxygen atoms in total. The first-order valence-corrected chi connectivity index (χ1v) is 13.7. The van der Waals surface area contributed by atoms with Gasteiger partial charge in [0.25, 0.3) is 0 Å². The Bertz CT molecular complexity index is 1130. The number of guanidine groups is 1. The van der Waals surface area contributed by atoms with E-state index in [2.05, 4.69) is 26.3 Å². The molecule has 16 heteroatoms. The smallest absolute Gasteiger partial charge is 0.408 e. The lowest BCUT2D eigenvalue weighted by Crippen LogP contribution is -2.57. The van der Waals surface area contributed by atoms with Crippen molar-refractivity contribution >= 4 is 41.7 Å². The Balaban J connectivity index is 3.07. The van der Waals surface area contributed by atoms with Gasteiger partial charge in [-0.2, -0.15) is 0 Å². The Hall–Kier alpha value is -4.89. The normalized spacial score (nSPS) is 12.6. The number of aliphatic imine (C=N–C) groups is 1. The highest BCUT2D eigenvalue weighted by Crippen LogP contribution is 2.09. The summed E-state index contributed by atoms with van der Waals surface area (Å²) in [4.78, 5) is 77.9. The number of carboxylic acids is 1. The second-order valence-corrected chi connectivity index (χ2v) is 10.1. The molecule has 43 heavy (non-hydrogen) atoms. The molecule has 11 N–H and O–H groups in total. The van der Waals surface area contributed by atoms with Gasteiger partial charge in [0.15, 0.2) is 5.96 Å². The highest BCUT2D eigenvalue weighted by Gasteiger charge is 2.30. The highest BCUT2D eigenvalue weighted by atomic mass is 16.5. The summed E-state index contributed by atoms with van der Waals surface area (Å²) in [5.74, 6) is -4.46. The Morgan fingerprint density at radius 2 is 1.47 bits per heavy atom. The SMILES string of the molecule is CC(C)CC(NC(=O)C(CCCN=C(N)N)NC(=O)C(CCC(N)=O)NC(=O)OCc1ccccc1)C(=O)NCC(=O)O.